The number of anilines is 1. The van der Waals surface area contributed by atoms with Gasteiger partial charge < -0.3 is 9.42 Å². The molecule has 130 valence electrons. The van der Waals surface area contributed by atoms with Crippen molar-refractivity contribution in [1.82, 2.24) is 10.1 Å². The maximum Gasteiger partial charge on any atom is 0.231 e. The van der Waals surface area contributed by atoms with Gasteiger partial charge in [0.25, 0.3) is 0 Å². The van der Waals surface area contributed by atoms with Crippen molar-refractivity contribution in [2.45, 2.75) is 18.8 Å². The highest BCUT2D eigenvalue weighted by Gasteiger charge is 2.26. The monoisotopic (exact) mass is 364 g/mol. The Labute approximate surface area is 156 Å². The van der Waals surface area contributed by atoms with Gasteiger partial charge in [-0.1, -0.05) is 16.8 Å². The Kier molecular flexibility index (Phi) is 4.59. The summed E-state index contributed by atoms with van der Waals surface area (Å²) in [5, 5.41) is 13.8. The molecule has 1 aromatic heterocycles. The van der Waals surface area contributed by atoms with E-state index in [0.29, 0.717) is 22.3 Å². The highest BCUT2D eigenvalue weighted by atomic mass is 35.5. The number of nitriles is 1. The van der Waals surface area contributed by atoms with Crippen molar-refractivity contribution >= 4 is 17.3 Å². The molecular weight excluding hydrogens is 348 g/mol. The molecule has 0 N–H and O–H groups in total. The number of benzene rings is 2. The molecule has 26 heavy (non-hydrogen) atoms. The van der Waals surface area contributed by atoms with E-state index in [1.54, 1.807) is 0 Å². The second kappa shape index (κ2) is 7.19. The molecule has 5 nitrogen and oxygen atoms in total. The summed E-state index contributed by atoms with van der Waals surface area (Å²) >= 11 is 5.93. The van der Waals surface area contributed by atoms with Crippen LogP contribution in [0.3, 0.4) is 0 Å². The lowest BCUT2D eigenvalue weighted by Gasteiger charge is -2.32. The molecule has 0 amide bonds. The molecule has 0 aliphatic carbocycles. The summed E-state index contributed by atoms with van der Waals surface area (Å²) in [5.41, 5.74) is 2.68. The SMILES string of the molecule is N#Cc1ccc(N2CCCC(c3nc(-c4ccc(Cl)cc4)no3)C2)cc1. The van der Waals surface area contributed by atoms with Crippen LogP contribution in [0.2, 0.25) is 5.02 Å². The van der Waals surface area contributed by atoms with Crippen molar-refractivity contribution in [2.75, 3.05) is 18.0 Å². The molecule has 2 aromatic carbocycles. The molecule has 1 saturated heterocycles. The lowest BCUT2D eigenvalue weighted by Crippen LogP contribution is -2.34. The fourth-order valence-electron chi connectivity index (χ4n) is 3.28. The van der Waals surface area contributed by atoms with Crippen LogP contribution in [-0.2, 0) is 0 Å². The lowest BCUT2D eigenvalue weighted by atomic mass is 9.97. The predicted octanol–water partition coefficient (Wildman–Crippen LogP) is 4.65. The van der Waals surface area contributed by atoms with E-state index in [1.165, 1.54) is 0 Å². The van der Waals surface area contributed by atoms with Gasteiger partial charge in [0, 0.05) is 29.4 Å². The smallest absolute Gasteiger partial charge is 0.231 e. The molecule has 0 bridgehead atoms. The van der Waals surface area contributed by atoms with E-state index in [2.05, 4.69) is 21.1 Å². The number of rotatable bonds is 3. The first-order valence-corrected chi connectivity index (χ1v) is 8.95. The molecule has 1 unspecified atom stereocenters. The quantitative estimate of drug-likeness (QED) is 0.677. The summed E-state index contributed by atoms with van der Waals surface area (Å²) in [6, 6.07) is 17.3. The molecule has 1 aliphatic heterocycles. The van der Waals surface area contributed by atoms with E-state index in [9.17, 15) is 0 Å². The number of nitrogens with zero attached hydrogens (tertiary/aromatic N) is 4. The average molecular weight is 365 g/mol. The second-order valence-corrected chi connectivity index (χ2v) is 6.84. The van der Waals surface area contributed by atoms with Crippen molar-refractivity contribution in [3.63, 3.8) is 0 Å². The third-order valence-corrected chi connectivity index (χ3v) is 4.93. The third kappa shape index (κ3) is 3.42. The van der Waals surface area contributed by atoms with Crippen molar-refractivity contribution in [1.29, 1.82) is 5.26 Å². The average Bonchev–Trinajstić information content (AvgIpc) is 3.19. The Hall–Kier alpha value is -2.84. The van der Waals surface area contributed by atoms with Crippen LogP contribution in [0.25, 0.3) is 11.4 Å². The Morgan fingerprint density at radius 1 is 1.12 bits per heavy atom. The Morgan fingerprint density at radius 3 is 2.62 bits per heavy atom. The Morgan fingerprint density at radius 2 is 1.88 bits per heavy atom. The summed E-state index contributed by atoms with van der Waals surface area (Å²) < 4.78 is 5.55. The van der Waals surface area contributed by atoms with E-state index < -0.39 is 0 Å². The zero-order valence-electron chi connectivity index (χ0n) is 14.1. The molecular formula is C20H17ClN4O. The summed E-state index contributed by atoms with van der Waals surface area (Å²) in [6.45, 7) is 1.81. The standard InChI is InChI=1S/C20H17ClN4O/c21-17-7-5-15(6-8-17)19-23-20(26-24-19)16-2-1-11-25(13-16)18-9-3-14(12-22)4-10-18/h3-10,16H,1-2,11,13H2. The zero-order valence-corrected chi connectivity index (χ0v) is 14.9. The molecule has 0 spiro atoms. The van der Waals surface area contributed by atoms with E-state index in [1.807, 2.05) is 48.5 Å². The van der Waals surface area contributed by atoms with Crippen LogP contribution < -0.4 is 4.90 Å². The summed E-state index contributed by atoms with van der Waals surface area (Å²) in [5.74, 6) is 1.47. The van der Waals surface area contributed by atoms with Gasteiger partial charge in [-0.3, -0.25) is 0 Å². The van der Waals surface area contributed by atoms with Crippen LogP contribution in [-0.4, -0.2) is 23.2 Å². The van der Waals surface area contributed by atoms with E-state index >= 15 is 0 Å². The van der Waals surface area contributed by atoms with Gasteiger partial charge in [0.05, 0.1) is 17.6 Å². The van der Waals surface area contributed by atoms with Crippen LogP contribution in [0.1, 0.15) is 30.2 Å². The summed E-state index contributed by atoms with van der Waals surface area (Å²) in [6.07, 6.45) is 2.08. The minimum Gasteiger partial charge on any atom is -0.371 e. The molecule has 1 fully saturated rings. The summed E-state index contributed by atoms with van der Waals surface area (Å²) in [7, 11) is 0. The van der Waals surface area contributed by atoms with Crippen LogP contribution >= 0.6 is 11.6 Å². The number of piperidine rings is 1. The first-order chi connectivity index (χ1) is 12.7. The van der Waals surface area contributed by atoms with Crippen molar-refractivity contribution < 1.29 is 4.52 Å². The van der Waals surface area contributed by atoms with Gasteiger partial charge in [-0.15, -0.1) is 0 Å². The zero-order chi connectivity index (χ0) is 17.9. The molecule has 6 heteroatoms. The molecule has 4 rings (SSSR count). The predicted molar refractivity (Wildman–Crippen MR) is 100 cm³/mol. The maximum absolute atomic E-state index is 8.94. The third-order valence-electron chi connectivity index (χ3n) is 4.68. The number of hydrogen-bond donors (Lipinski definition) is 0. The molecule has 1 atom stereocenters. The van der Waals surface area contributed by atoms with Crippen LogP contribution in [0.5, 0.6) is 0 Å². The normalized spacial score (nSPS) is 17.1. The highest BCUT2D eigenvalue weighted by molar-refractivity contribution is 6.30. The van der Waals surface area contributed by atoms with Gasteiger partial charge in [-0.25, -0.2) is 0 Å². The van der Waals surface area contributed by atoms with Crippen LogP contribution in [0.4, 0.5) is 5.69 Å². The fourth-order valence-corrected chi connectivity index (χ4v) is 3.40. The maximum atomic E-state index is 8.94. The molecule has 2 heterocycles. The van der Waals surface area contributed by atoms with E-state index in [-0.39, 0.29) is 5.92 Å². The second-order valence-electron chi connectivity index (χ2n) is 6.41. The number of hydrogen-bond acceptors (Lipinski definition) is 5. The van der Waals surface area contributed by atoms with Gasteiger partial charge in [-0.2, -0.15) is 10.2 Å². The van der Waals surface area contributed by atoms with Crippen LogP contribution in [0, 0.1) is 11.3 Å². The van der Waals surface area contributed by atoms with Crippen molar-refractivity contribution in [2.24, 2.45) is 0 Å². The first kappa shape index (κ1) is 16.6. The lowest BCUT2D eigenvalue weighted by molar-refractivity contribution is 0.333. The molecule has 3 aromatic rings. The summed E-state index contributed by atoms with van der Waals surface area (Å²) in [4.78, 5) is 6.91. The van der Waals surface area contributed by atoms with Gasteiger partial charge in [0.2, 0.25) is 11.7 Å². The van der Waals surface area contributed by atoms with Gasteiger partial charge >= 0.3 is 0 Å². The highest BCUT2D eigenvalue weighted by Crippen LogP contribution is 2.30. The van der Waals surface area contributed by atoms with Crippen molar-refractivity contribution in [3.05, 3.63) is 65.0 Å². The van der Waals surface area contributed by atoms with Gasteiger partial charge in [-0.05, 0) is 61.4 Å². The largest absolute Gasteiger partial charge is 0.371 e. The molecule has 1 aliphatic rings. The van der Waals surface area contributed by atoms with Gasteiger partial charge in [0.1, 0.15) is 0 Å². The van der Waals surface area contributed by atoms with Gasteiger partial charge in [0.15, 0.2) is 0 Å². The number of aromatic nitrogens is 2. The van der Waals surface area contributed by atoms with E-state index in [4.69, 9.17) is 21.4 Å². The minimum absolute atomic E-state index is 0.202. The van der Waals surface area contributed by atoms with Crippen molar-refractivity contribution in [3.8, 4) is 17.5 Å². The topological polar surface area (TPSA) is 66.0 Å². The first-order valence-electron chi connectivity index (χ1n) is 8.57. The fraction of sp³-hybridized carbons (Fsp3) is 0.250. The minimum atomic E-state index is 0.202. The molecule has 0 saturated carbocycles. The number of halogens is 1. The Balaban J connectivity index is 1.51. The van der Waals surface area contributed by atoms with Crippen LogP contribution in [0.15, 0.2) is 53.1 Å². The Bertz CT molecular complexity index is 928. The van der Waals surface area contributed by atoms with E-state index in [0.717, 1.165) is 37.2 Å². The molecule has 0 radical (unpaired) electrons.